The Balaban J connectivity index is 2.13. The summed E-state index contributed by atoms with van der Waals surface area (Å²) in [5.74, 6) is 0. The maximum absolute atomic E-state index is 5.68. The van der Waals surface area contributed by atoms with Gasteiger partial charge < -0.3 is 0 Å². The van der Waals surface area contributed by atoms with Gasteiger partial charge in [0.05, 0.1) is 6.54 Å². The predicted octanol–water partition coefficient (Wildman–Crippen LogP) is 1.93. The van der Waals surface area contributed by atoms with E-state index in [1.54, 1.807) is 12.3 Å². The van der Waals surface area contributed by atoms with Crippen LogP contribution in [0.2, 0.25) is 5.15 Å². The zero-order chi connectivity index (χ0) is 10.7. The molecule has 78 valence electrons. The zero-order valence-electron chi connectivity index (χ0n) is 8.07. The van der Waals surface area contributed by atoms with Crippen molar-refractivity contribution in [3.05, 3.63) is 38.9 Å². The summed E-state index contributed by atoms with van der Waals surface area (Å²) in [6.45, 7) is 2.52. The Morgan fingerprint density at radius 2 is 2.40 bits per heavy atom. The van der Waals surface area contributed by atoms with Crippen LogP contribution in [0.15, 0.2) is 23.3 Å². The number of aromatic amines is 1. The number of rotatable bonds is 2. The highest BCUT2D eigenvalue weighted by molar-refractivity contribution is 7.08. The minimum atomic E-state index is 0.499. The molecule has 0 aliphatic carbocycles. The number of halogens is 1. The number of pyridine rings is 1. The lowest BCUT2D eigenvalue weighted by molar-refractivity contribution is 0.930. The molecule has 0 fully saturated rings. The van der Waals surface area contributed by atoms with E-state index in [0.29, 0.717) is 11.7 Å². The number of hydrogen-bond acceptors (Lipinski definition) is 4. The fourth-order valence-corrected chi connectivity index (χ4v) is 1.75. The first-order valence-electron chi connectivity index (χ1n) is 4.37. The number of H-pyrrole nitrogens is 1. The fourth-order valence-electron chi connectivity index (χ4n) is 1.04. The molecule has 1 N–H and O–H groups in total. The Labute approximate surface area is 95.7 Å². The van der Waals surface area contributed by atoms with Gasteiger partial charge in [0.2, 0.25) is 4.80 Å². The summed E-state index contributed by atoms with van der Waals surface area (Å²) in [6, 6.07) is 3.67. The van der Waals surface area contributed by atoms with E-state index in [9.17, 15) is 0 Å². The van der Waals surface area contributed by atoms with Crippen LogP contribution in [-0.4, -0.2) is 15.2 Å². The van der Waals surface area contributed by atoms with E-state index in [1.807, 2.05) is 13.0 Å². The quantitative estimate of drug-likeness (QED) is 0.816. The molecule has 0 saturated heterocycles. The minimum Gasteiger partial charge on any atom is -0.253 e. The molecule has 2 heterocycles. The second-order valence-corrected chi connectivity index (χ2v) is 4.52. The van der Waals surface area contributed by atoms with Gasteiger partial charge >= 0.3 is 0 Å². The fraction of sp³-hybridized carbons (Fsp3) is 0.222. The Bertz CT molecular complexity index is 499. The maximum atomic E-state index is 5.68. The van der Waals surface area contributed by atoms with Crippen molar-refractivity contribution in [2.75, 3.05) is 0 Å². The molecule has 2 aromatic rings. The van der Waals surface area contributed by atoms with E-state index in [-0.39, 0.29) is 0 Å². The lowest BCUT2D eigenvalue weighted by Gasteiger charge is -1.93. The first kappa shape index (κ1) is 10.3. The Hall–Kier alpha value is -1.20. The SMILES string of the molecule is Cc1n[nH]/c(=N\Cc2ccc(Cl)nc2)s1. The predicted molar refractivity (Wildman–Crippen MR) is 59.7 cm³/mol. The Morgan fingerprint density at radius 3 is 3.00 bits per heavy atom. The average molecular weight is 241 g/mol. The molecule has 0 unspecified atom stereocenters. The molecule has 2 aromatic heterocycles. The molecule has 0 atom stereocenters. The lowest BCUT2D eigenvalue weighted by Crippen LogP contribution is -1.99. The molecular weight excluding hydrogens is 232 g/mol. The van der Waals surface area contributed by atoms with Crippen LogP contribution in [-0.2, 0) is 6.54 Å². The van der Waals surface area contributed by atoms with Gasteiger partial charge in [-0.2, -0.15) is 5.10 Å². The monoisotopic (exact) mass is 240 g/mol. The summed E-state index contributed by atoms with van der Waals surface area (Å²) in [6.07, 6.45) is 1.72. The summed E-state index contributed by atoms with van der Waals surface area (Å²) in [5.41, 5.74) is 1.03. The maximum Gasteiger partial charge on any atom is 0.200 e. The summed E-state index contributed by atoms with van der Waals surface area (Å²) >= 11 is 7.21. The molecule has 0 spiro atoms. The standard InChI is InChI=1S/C9H9ClN4S/c1-6-13-14-9(15-6)12-5-7-2-3-8(10)11-4-7/h2-4H,5H2,1H3,(H,12,14). The van der Waals surface area contributed by atoms with Crippen molar-refractivity contribution in [3.63, 3.8) is 0 Å². The molecule has 0 amide bonds. The molecule has 2 rings (SSSR count). The number of aryl methyl sites for hydroxylation is 1. The smallest absolute Gasteiger partial charge is 0.200 e. The molecule has 4 nitrogen and oxygen atoms in total. The zero-order valence-corrected chi connectivity index (χ0v) is 9.64. The van der Waals surface area contributed by atoms with Gasteiger partial charge in [-0.1, -0.05) is 29.0 Å². The first-order chi connectivity index (χ1) is 7.24. The highest BCUT2D eigenvalue weighted by Gasteiger charge is 1.93. The van der Waals surface area contributed by atoms with E-state index in [2.05, 4.69) is 20.2 Å². The summed E-state index contributed by atoms with van der Waals surface area (Å²) < 4.78 is 0. The van der Waals surface area contributed by atoms with Gasteiger partial charge in [-0.05, 0) is 18.6 Å². The van der Waals surface area contributed by atoms with Crippen molar-refractivity contribution in [2.45, 2.75) is 13.5 Å². The van der Waals surface area contributed by atoms with Crippen molar-refractivity contribution in [1.29, 1.82) is 0 Å². The molecule has 0 aromatic carbocycles. The van der Waals surface area contributed by atoms with E-state index in [4.69, 9.17) is 11.6 Å². The number of hydrogen-bond donors (Lipinski definition) is 1. The third-order valence-electron chi connectivity index (χ3n) is 1.75. The molecule has 0 aliphatic rings. The van der Waals surface area contributed by atoms with Crippen molar-refractivity contribution >= 4 is 22.9 Å². The molecule has 15 heavy (non-hydrogen) atoms. The van der Waals surface area contributed by atoms with Crippen molar-refractivity contribution < 1.29 is 0 Å². The number of aromatic nitrogens is 3. The highest BCUT2D eigenvalue weighted by atomic mass is 35.5. The topological polar surface area (TPSA) is 53.9 Å². The molecule has 6 heteroatoms. The van der Waals surface area contributed by atoms with Crippen LogP contribution in [0.3, 0.4) is 0 Å². The average Bonchev–Trinajstić information content (AvgIpc) is 2.64. The molecular formula is C9H9ClN4S. The first-order valence-corrected chi connectivity index (χ1v) is 5.56. The third-order valence-corrected chi connectivity index (χ3v) is 2.77. The van der Waals surface area contributed by atoms with E-state index in [0.717, 1.165) is 15.4 Å². The molecule has 0 aliphatic heterocycles. The van der Waals surface area contributed by atoms with Crippen LogP contribution in [0.25, 0.3) is 0 Å². The summed E-state index contributed by atoms with van der Waals surface area (Å²) in [5, 5.41) is 8.32. The Kier molecular flexibility index (Phi) is 3.13. The van der Waals surface area contributed by atoms with Gasteiger partial charge in [-0.3, -0.25) is 10.1 Å². The molecule has 0 radical (unpaired) electrons. The van der Waals surface area contributed by atoms with E-state index in [1.165, 1.54) is 11.3 Å². The van der Waals surface area contributed by atoms with Crippen LogP contribution >= 0.6 is 22.9 Å². The second-order valence-electron chi connectivity index (χ2n) is 2.96. The van der Waals surface area contributed by atoms with Crippen LogP contribution in [0.1, 0.15) is 10.6 Å². The van der Waals surface area contributed by atoms with Gasteiger partial charge in [-0.25, -0.2) is 4.98 Å². The van der Waals surface area contributed by atoms with E-state index >= 15 is 0 Å². The van der Waals surface area contributed by atoms with Crippen molar-refractivity contribution in [3.8, 4) is 0 Å². The minimum absolute atomic E-state index is 0.499. The summed E-state index contributed by atoms with van der Waals surface area (Å²) in [7, 11) is 0. The normalized spacial score (nSPS) is 12.0. The highest BCUT2D eigenvalue weighted by Crippen LogP contribution is 2.05. The van der Waals surface area contributed by atoms with Crippen molar-refractivity contribution in [2.24, 2.45) is 4.99 Å². The van der Waals surface area contributed by atoms with Gasteiger partial charge in [-0.15, -0.1) is 0 Å². The van der Waals surface area contributed by atoms with E-state index < -0.39 is 0 Å². The van der Waals surface area contributed by atoms with Crippen molar-refractivity contribution in [1.82, 2.24) is 15.2 Å². The van der Waals surface area contributed by atoms with Crippen LogP contribution in [0, 0.1) is 6.92 Å². The third kappa shape index (κ3) is 2.87. The van der Waals surface area contributed by atoms with Gasteiger partial charge in [0.15, 0.2) is 0 Å². The molecule has 0 bridgehead atoms. The summed E-state index contributed by atoms with van der Waals surface area (Å²) in [4.78, 5) is 9.15. The number of nitrogens with zero attached hydrogens (tertiary/aromatic N) is 3. The lowest BCUT2D eigenvalue weighted by atomic mass is 10.3. The van der Waals surface area contributed by atoms with Gasteiger partial charge in [0, 0.05) is 6.20 Å². The van der Waals surface area contributed by atoms with Gasteiger partial charge in [0.25, 0.3) is 0 Å². The second kappa shape index (κ2) is 4.55. The molecule has 0 saturated carbocycles. The van der Waals surface area contributed by atoms with Crippen LogP contribution in [0.5, 0.6) is 0 Å². The van der Waals surface area contributed by atoms with Crippen LogP contribution in [0.4, 0.5) is 0 Å². The largest absolute Gasteiger partial charge is 0.253 e. The van der Waals surface area contributed by atoms with Crippen LogP contribution < -0.4 is 4.80 Å². The number of nitrogens with one attached hydrogen (secondary N) is 1. The Morgan fingerprint density at radius 1 is 1.53 bits per heavy atom. The van der Waals surface area contributed by atoms with Gasteiger partial charge in [0.1, 0.15) is 10.2 Å².